The van der Waals surface area contributed by atoms with Gasteiger partial charge in [0.05, 0.1) is 5.56 Å². The van der Waals surface area contributed by atoms with Crippen LogP contribution in [0.25, 0.3) is 0 Å². The summed E-state index contributed by atoms with van der Waals surface area (Å²) < 4.78 is 27.1. The van der Waals surface area contributed by atoms with E-state index in [9.17, 15) is 13.6 Å². The molecule has 0 N–H and O–H groups in total. The molecule has 92 valence electrons. The number of nitrogens with zero attached hydrogens (tertiary/aromatic N) is 1. The minimum absolute atomic E-state index is 0.209. The van der Waals surface area contributed by atoms with Crippen molar-refractivity contribution < 1.29 is 13.6 Å². The zero-order valence-corrected chi connectivity index (χ0v) is 11.9. The molecule has 0 fully saturated rings. The minimum atomic E-state index is -1.01. The molecule has 1 aromatic carbocycles. The Bertz CT molecular complexity index is 591. The van der Waals surface area contributed by atoms with Crippen LogP contribution in [0.15, 0.2) is 39.5 Å². The molecule has 0 spiro atoms. The van der Waals surface area contributed by atoms with Gasteiger partial charge in [-0.2, -0.15) is 0 Å². The third kappa shape index (κ3) is 2.35. The molecule has 1 aromatic heterocycles. The standard InChI is InChI=1S/C12H5Br2F2NO/c13-11-8(15)7(9(16)12(14)17-11)10(18)6-4-2-1-3-5-6/h1-5H. The zero-order chi connectivity index (χ0) is 13.3. The summed E-state index contributed by atoms with van der Waals surface area (Å²) in [6.45, 7) is 0. The molecule has 6 heteroatoms. The van der Waals surface area contributed by atoms with Crippen molar-refractivity contribution in [2.75, 3.05) is 0 Å². The number of hydrogen-bond donors (Lipinski definition) is 0. The third-order valence-corrected chi connectivity index (χ3v) is 3.31. The van der Waals surface area contributed by atoms with Crippen LogP contribution >= 0.6 is 31.9 Å². The largest absolute Gasteiger partial charge is 0.288 e. The van der Waals surface area contributed by atoms with Gasteiger partial charge in [-0.3, -0.25) is 4.79 Å². The highest BCUT2D eigenvalue weighted by Crippen LogP contribution is 2.27. The Kier molecular flexibility index (Phi) is 3.87. The van der Waals surface area contributed by atoms with Crippen molar-refractivity contribution in [3.05, 3.63) is 62.3 Å². The molecule has 0 bridgehead atoms. The van der Waals surface area contributed by atoms with Gasteiger partial charge >= 0.3 is 0 Å². The minimum Gasteiger partial charge on any atom is -0.288 e. The Morgan fingerprint density at radius 3 is 2.00 bits per heavy atom. The van der Waals surface area contributed by atoms with E-state index in [-0.39, 0.29) is 14.8 Å². The lowest BCUT2D eigenvalue weighted by Gasteiger charge is -2.06. The second-order valence-corrected chi connectivity index (χ2v) is 4.89. The average molecular weight is 377 g/mol. The maximum atomic E-state index is 13.8. The van der Waals surface area contributed by atoms with Crippen LogP contribution in [-0.4, -0.2) is 10.8 Å². The lowest BCUT2D eigenvalue weighted by atomic mass is 10.0. The van der Waals surface area contributed by atoms with Gasteiger partial charge in [0.2, 0.25) is 0 Å². The van der Waals surface area contributed by atoms with Crippen LogP contribution < -0.4 is 0 Å². The summed E-state index contributed by atoms with van der Waals surface area (Å²) >= 11 is 5.67. The predicted molar refractivity (Wildman–Crippen MR) is 69.4 cm³/mol. The summed E-state index contributed by atoms with van der Waals surface area (Å²) in [5.74, 6) is -2.75. The molecule has 18 heavy (non-hydrogen) atoms. The molecule has 1 heterocycles. The van der Waals surface area contributed by atoms with Crippen LogP contribution in [0.1, 0.15) is 15.9 Å². The van der Waals surface area contributed by atoms with Gasteiger partial charge in [0, 0.05) is 5.56 Å². The van der Waals surface area contributed by atoms with E-state index in [2.05, 4.69) is 36.8 Å². The molecule has 0 unspecified atom stereocenters. The number of aromatic nitrogens is 1. The highest BCUT2D eigenvalue weighted by atomic mass is 79.9. The van der Waals surface area contributed by atoms with Gasteiger partial charge in [-0.15, -0.1) is 0 Å². The van der Waals surface area contributed by atoms with Gasteiger partial charge < -0.3 is 0 Å². The van der Waals surface area contributed by atoms with Gasteiger partial charge in [-0.05, 0) is 31.9 Å². The van der Waals surface area contributed by atoms with Crippen molar-refractivity contribution in [3.63, 3.8) is 0 Å². The van der Waals surface area contributed by atoms with E-state index in [1.54, 1.807) is 18.2 Å². The highest BCUT2D eigenvalue weighted by Gasteiger charge is 2.24. The maximum absolute atomic E-state index is 13.8. The summed E-state index contributed by atoms with van der Waals surface area (Å²) in [7, 11) is 0. The predicted octanol–water partition coefficient (Wildman–Crippen LogP) is 4.12. The SMILES string of the molecule is O=C(c1ccccc1)c1c(F)c(Br)nc(Br)c1F. The number of carbonyl (C=O) groups is 1. The fourth-order valence-corrected chi connectivity index (χ4v) is 2.41. The summed E-state index contributed by atoms with van der Waals surface area (Å²) in [5.41, 5.74) is -0.421. The first-order valence-corrected chi connectivity index (χ1v) is 6.40. The molecular formula is C12H5Br2F2NO. The Morgan fingerprint density at radius 1 is 1.00 bits per heavy atom. The molecule has 0 aliphatic rings. The zero-order valence-electron chi connectivity index (χ0n) is 8.75. The lowest BCUT2D eigenvalue weighted by molar-refractivity contribution is 0.103. The van der Waals surface area contributed by atoms with Crippen molar-refractivity contribution in [2.24, 2.45) is 0 Å². The molecule has 0 radical (unpaired) electrons. The van der Waals surface area contributed by atoms with Gasteiger partial charge in [0.1, 0.15) is 9.21 Å². The number of pyridine rings is 1. The van der Waals surface area contributed by atoms with Gasteiger partial charge in [0.25, 0.3) is 0 Å². The van der Waals surface area contributed by atoms with Crippen LogP contribution in [0.4, 0.5) is 8.78 Å². The number of halogens is 4. The summed E-state index contributed by atoms with van der Waals surface area (Å²) in [6, 6.07) is 7.93. The fraction of sp³-hybridized carbons (Fsp3) is 0. The first-order valence-electron chi connectivity index (χ1n) is 4.82. The van der Waals surface area contributed by atoms with Gasteiger partial charge in [-0.1, -0.05) is 30.3 Å². The lowest BCUT2D eigenvalue weighted by Crippen LogP contribution is -2.10. The number of carbonyl (C=O) groups excluding carboxylic acids is 1. The number of hydrogen-bond acceptors (Lipinski definition) is 2. The Hall–Kier alpha value is -1.14. The van der Waals surface area contributed by atoms with Crippen molar-refractivity contribution in [3.8, 4) is 0 Å². The van der Waals surface area contributed by atoms with E-state index in [0.717, 1.165) is 0 Å². The quantitative estimate of drug-likeness (QED) is 0.583. The normalized spacial score (nSPS) is 10.4. The first-order chi connectivity index (χ1) is 8.52. The van der Waals surface area contributed by atoms with Crippen LogP contribution in [0, 0.1) is 11.6 Å². The van der Waals surface area contributed by atoms with E-state index in [0.29, 0.717) is 0 Å². The summed E-state index contributed by atoms with van der Waals surface area (Å²) in [6.07, 6.45) is 0. The fourth-order valence-electron chi connectivity index (χ4n) is 1.42. The number of rotatable bonds is 2. The second-order valence-electron chi connectivity index (χ2n) is 3.39. The average Bonchev–Trinajstić information content (AvgIpc) is 2.37. The third-order valence-electron chi connectivity index (χ3n) is 2.26. The molecule has 2 aromatic rings. The number of ketones is 1. The number of benzene rings is 1. The van der Waals surface area contributed by atoms with Crippen molar-refractivity contribution in [1.82, 2.24) is 4.98 Å². The van der Waals surface area contributed by atoms with E-state index in [1.165, 1.54) is 12.1 Å². The van der Waals surface area contributed by atoms with Crippen molar-refractivity contribution in [2.45, 2.75) is 0 Å². The van der Waals surface area contributed by atoms with Crippen LogP contribution in [0.5, 0.6) is 0 Å². The molecule has 0 saturated heterocycles. The molecular weight excluding hydrogens is 372 g/mol. The molecule has 0 saturated carbocycles. The highest BCUT2D eigenvalue weighted by molar-refractivity contribution is 9.11. The summed E-state index contributed by atoms with van der Waals surface area (Å²) in [4.78, 5) is 15.6. The maximum Gasteiger partial charge on any atom is 0.199 e. The van der Waals surface area contributed by atoms with E-state index < -0.39 is 23.0 Å². The van der Waals surface area contributed by atoms with E-state index >= 15 is 0 Å². The van der Waals surface area contributed by atoms with E-state index in [1.807, 2.05) is 0 Å². The molecule has 2 rings (SSSR count). The molecule has 0 aliphatic carbocycles. The van der Waals surface area contributed by atoms with Crippen LogP contribution in [-0.2, 0) is 0 Å². The van der Waals surface area contributed by atoms with E-state index in [4.69, 9.17) is 0 Å². The summed E-state index contributed by atoms with van der Waals surface area (Å²) in [5, 5.41) is 0. The molecule has 0 aliphatic heterocycles. The molecule has 0 atom stereocenters. The molecule has 0 amide bonds. The van der Waals surface area contributed by atoms with Gasteiger partial charge in [0.15, 0.2) is 17.4 Å². The molecule has 2 nitrogen and oxygen atoms in total. The first kappa shape index (κ1) is 13.3. The van der Waals surface area contributed by atoms with Crippen molar-refractivity contribution in [1.29, 1.82) is 0 Å². The second kappa shape index (κ2) is 5.24. The van der Waals surface area contributed by atoms with Crippen LogP contribution in [0.2, 0.25) is 0 Å². The Morgan fingerprint density at radius 2 is 1.50 bits per heavy atom. The van der Waals surface area contributed by atoms with Gasteiger partial charge in [-0.25, -0.2) is 13.8 Å². The topological polar surface area (TPSA) is 30.0 Å². The smallest absolute Gasteiger partial charge is 0.199 e. The van der Waals surface area contributed by atoms with Crippen LogP contribution in [0.3, 0.4) is 0 Å². The monoisotopic (exact) mass is 375 g/mol. The van der Waals surface area contributed by atoms with Crippen molar-refractivity contribution >= 4 is 37.6 Å². The Balaban J connectivity index is 2.62. The Labute approximate surface area is 118 Å².